The Morgan fingerprint density at radius 2 is 1.49 bits per heavy atom. The minimum absolute atomic E-state index is 0.142. The van der Waals surface area contributed by atoms with Crippen LogP contribution in [0.1, 0.15) is 53.0 Å². The van der Waals surface area contributed by atoms with Crippen molar-refractivity contribution in [2.45, 2.75) is 89.3 Å². The van der Waals surface area contributed by atoms with Crippen LogP contribution >= 0.6 is 0 Å². The maximum atomic E-state index is 11.3. The van der Waals surface area contributed by atoms with Crippen LogP contribution in [0.4, 0.5) is 0 Å². The lowest BCUT2D eigenvalue weighted by Gasteiger charge is -2.42. The molecule has 0 radical (unpaired) electrons. The molecule has 45 heavy (non-hydrogen) atoms. The van der Waals surface area contributed by atoms with E-state index in [9.17, 15) is 5.11 Å². The summed E-state index contributed by atoms with van der Waals surface area (Å²) in [6.07, 6.45) is 0.199. The molecule has 0 unspecified atom stereocenters. The molecule has 1 N–H and O–H groups in total. The molecule has 0 spiro atoms. The van der Waals surface area contributed by atoms with Crippen molar-refractivity contribution in [3.8, 4) is 17.6 Å². The molecule has 4 rings (SSSR count). The van der Waals surface area contributed by atoms with Crippen molar-refractivity contribution in [1.29, 1.82) is 0 Å². The molecule has 4 atom stereocenters. The van der Waals surface area contributed by atoms with Crippen molar-refractivity contribution in [2.75, 3.05) is 13.7 Å². The highest BCUT2D eigenvalue weighted by Gasteiger charge is 2.50. The molecule has 1 aliphatic rings. The molecular formula is C38H48O6Si. The third-order valence-electron chi connectivity index (χ3n) is 8.15. The topological polar surface area (TPSA) is 66.4 Å². The van der Waals surface area contributed by atoms with Crippen LogP contribution in [0.25, 0.3) is 0 Å². The lowest BCUT2D eigenvalue weighted by Crippen LogP contribution is -2.66. The van der Waals surface area contributed by atoms with Gasteiger partial charge in [0.2, 0.25) is 0 Å². The van der Waals surface area contributed by atoms with Crippen molar-refractivity contribution in [1.82, 2.24) is 0 Å². The largest absolute Gasteiger partial charge is 0.497 e. The smallest absolute Gasteiger partial charge is 0.262 e. The fourth-order valence-corrected chi connectivity index (χ4v) is 10.5. The summed E-state index contributed by atoms with van der Waals surface area (Å²) in [4.78, 5) is 0. The molecule has 1 aliphatic heterocycles. The van der Waals surface area contributed by atoms with Gasteiger partial charge in [-0.25, -0.2) is 0 Å². The lowest BCUT2D eigenvalue weighted by molar-refractivity contribution is -0.163. The molecule has 0 amide bonds. The van der Waals surface area contributed by atoms with Gasteiger partial charge in [-0.2, -0.15) is 0 Å². The number of benzene rings is 3. The van der Waals surface area contributed by atoms with E-state index in [0.717, 1.165) is 11.3 Å². The quantitative estimate of drug-likeness (QED) is 0.142. The van der Waals surface area contributed by atoms with E-state index >= 15 is 0 Å². The number of methoxy groups -OCH3 is 1. The van der Waals surface area contributed by atoms with E-state index in [1.165, 1.54) is 10.4 Å². The molecule has 0 saturated carbocycles. The maximum absolute atomic E-state index is 11.3. The first-order valence-corrected chi connectivity index (χ1v) is 17.5. The van der Waals surface area contributed by atoms with E-state index in [1.807, 2.05) is 50.2 Å². The fraction of sp³-hybridized carbons (Fsp3) is 0.421. The highest BCUT2D eigenvalue weighted by molar-refractivity contribution is 6.99. The molecule has 3 aromatic carbocycles. The van der Waals surface area contributed by atoms with Crippen LogP contribution < -0.4 is 15.1 Å². The predicted octanol–water partition coefficient (Wildman–Crippen LogP) is 6.01. The number of aliphatic hydroxyl groups excluding tert-OH is 1. The second-order valence-electron chi connectivity index (χ2n) is 12.9. The third kappa shape index (κ3) is 8.53. The summed E-state index contributed by atoms with van der Waals surface area (Å²) in [6.45, 7) is 15.0. The molecular weight excluding hydrogens is 580 g/mol. The molecule has 0 bridgehead atoms. The first-order valence-electron chi connectivity index (χ1n) is 15.6. The van der Waals surface area contributed by atoms with Crippen molar-refractivity contribution < 1.29 is 28.5 Å². The highest BCUT2D eigenvalue weighted by atomic mass is 28.4. The van der Waals surface area contributed by atoms with Gasteiger partial charge in [-0.15, -0.1) is 6.58 Å². The van der Waals surface area contributed by atoms with Gasteiger partial charge in [0.15, 0.2) is 5.79 Å². The van der Waals surface area contributed by atoms with Gasteiger partial charge in [-0.05, 0) is 53.4 Å². The van der Waals surface area contributed by atoms with Crippen LogP contribution in [0.2, 0.25) is 5.04 Å². The van der Waals surface area contributed by atoms with Gasteiger partial charge in [0.1, 0.15) is 18.0 Å². The zero-order valence-corrected chi connectivity index (χ0v) is 28.5. The van der Waals surface area contributed by atoms with E-state index in [4.69, 9.17) is 23.4 Å². The van der Waals surface area contributed by atoms with Gasteiger partial charge < -0.3 is 28.5 Å². The molecule has 6 nitrogen and oxygen atoms in total. The summed E-state index contributed by atoms with van der Waals surface area (Å²) in [5.41, 5.74) is 1.01. The van der Waals surface area contributed by atoms with Crippen LogP contribution in [-0.4, -0.2) is 57.3 Å². The lowest BCUT2D eigenvalue weighted by atomic mass is 9.99. The summed E-state index contributed by atoms with van der Waals surface area (Å²) in [6, 6.07) is 28.7. The number of ether oxygens (including phenoxy) is 4. The molecule has 0 aromatic heterocycles. The Balaban J connectivity index is 1.47. The van der Waals surface area contributed by atoms with Gasteiger partial charge in [-0.3, -0.25) is 0 Å². The molecule has 1 heterocycles. The van der Waals surface area contributed by atoms with Gasteiger partial charge in [-0.1, -0.05) is 111 Å². The van der Waals surface area contributed by atoms with Crippen molar-refractivity contribution in [3.05, 3.63) is 103 Å². The van der Waals surface area contributed by atoms with Crippen LogP contribution in [0.3, 0.4) is 0 Å². The Morgan fingerprint density at radius 3 is 2.02 bits per heavy atom. The Hall–Kier alpha value is -3.22. The third-order valence-corrected chi connectivity index (χ3v) is 13.1. The van der Waals surface area contributed by atoms with Crippen molar-refractivity contribution in [2.24, 2.45) is 0 Å². The van der Waals surface area contributed by atoms with Gasteiger partial charge in [0.05, 0.1) is 32.5 Å². The summed E-state index contributed by atoms with van der Waals surface area (Å²) in [5, 5.41) is 13.6. The first kappa shape index (κ1) is 34.6. The molecule has 1 saturated heterocycles. The van der Waals surface area contributed by atoms with E-state index in [2.05, 4.69) is 87.7 Å². The molecule has 3 aromatic rings. The minimum Gasteiger partial charge on any atom is -0.497 e. The summed E-state index contributed by atoms with van der Waals surface area (Å²) < 4.78 is 31.0. The molecule has 1 fully saturated rings. The zero-order valence-electron chi connectivity index (χ0n) is 27.5. The van der Waals surface area contributed by atoms with Crippen molar-refractivity contribution >= 4 is 18.7 Å². The summed E-state index contributed by atoms with van der Waals surface area (Å²) in [7, 11) is -1.05. The number of hydrogen-bond donors (Lipinski definition) is 1. The first-order chi connectivity index (χ1) is 21.5. The normalized spacial score (nSPS) is 19.3. The zero-order chi connectivity index (χ0) is 32.5. The Kier molecular flexibility index (Phi) is 11.8. The van der Waals surface area contributed by atoms with Gasteiger partial charge >= 0.3 is 0 Å². The fourth-order valence-electron chi connectivity index (χ4n) is 6.04. The summed E-state index contributed by atoms with van der Waals surface area (Å²) in [5.74, 6) is 6.28. The Morgan fingerprint density at radius 1 is 0.911 bits per heavy atom. The summed E-state index contributed by atoms with van der Waals surface area (Å²) >= 11 is 0. The van der Waals surface area contributed by atoms with Gasteiger partial charge in [0, 0.05) is 6.42 Å². The minimum atomic E-state index is -2.69. The van der Waals surface area contributed by atoms with E-state index < -0.39 is 32.4 Å². The average Bonchev–Trinajstić information content (AvgIpc) is 3.36. The Bertz CT molecular complexity index is 1370. The van der Waals surface area contributed by atoms with E-state index in [0.29, 0.717) is 13.0 Å². The second kappa shape index (κ2) is 15.4. The average molecular weight is 629 g/mol. The standard InChI is InChI=1S/C38H48O6Si/c1-8-17-34(41-28-29-23-25-30(40-7)26-24-29)36-35(43-38(5,6)44-36)33(39)22-15-16-27-42-45(37(2,3)4,31-18-11-9-12-19-31)32-20-13-10-14-21-32/h8-14,18-21,23-26,33-36,39H,1,17,22,27-28H2,2-7H3/t33-,34+,35+,36+/m0/s1. The Labute approximate surface area is 270 Å². The molecule has 240 valence electrons. The van der Waals surface area contributed by atoms with E-state index in [-0.39, 0.29) is 24.2 Å². The molecule has 0 aliphatic carbocycles. The number of rotatable bonds is 13. The monoisotopic (exact) mass is 628 g/mol. The van der Waals surface area contributed by atoms with Crippen LogP contribution in [-0.2, 0) is 25.2 Å². The maximum Gasteiger partial charge on any atom is 0.262 e. The van der Waals surface area contributed by atoms with Gasteiger partial charge in [0.25, 0.3) is 8.32 Å². The predicted molar refractivity (Wildman–Crippen MR) is 182 cm³/mol. The van der Waals surface area contributed by atoms with Crippen LogP contribution in [0.5, 0.6) is 5.75 Å². The second-order valence-corrected chi connectivity index (χ2v) is 17.2. The van der Waals surface area contributed by atoms with Crippen LogP contribution in [0.15, 0.2) is 97.6 Å². The van der Waals surface area contributed by atoms with E-state index in [1.54, 1.807) is 13.2 Å². The SMILES string of the molecule is C=CC[C@@H](OCc1ccc(OC)cc1)[C@H]1OC(C)(C)O[C@@H]1[C@@H](O)CC#CCO[Si](c1ccccc1)(c1ccccc1)C(C)(C)C. The van der Waals surface area contributed by atoms with Crippen molar-refractivity contribution in [3.63, 3.8) is 0 Å². The molecule has 7 heteroatoms. The number of aliphatic hydroxyl groups is 1. The highest BCUT2D eigenvalue weighted by Crippen LogP contribution is 2.37. The van der Waals surface area contributed by atoms with Crippen LogP contribution in [0, 0.1) is 11.8 Å². The number of hydrogen-bond acceptors (Lipinski definition) is 6.